The zero-order chi connectivity index (χ0) is 52.8. The second-order valence-electron chi connectivity index (χ2n) is 22.9. The molecular weight excluding hydrogens is 925 g/mol. The number of fused-ring (bicyclic) bond motifs is 2. The minimum atomic E-state index is -0.218. The lowest BCUT2D eigenvalue weighted by Gasteiger charge is -2.35. The molecule has 0 amide bonds. The van der Waals surface area contributed by atoms with Crippen LogP contribution in [-0.4, -0.2) is 15.0 Å². The third kappa shape index (κ3) is 9.99. The molecule has 0 unspecified atom stereocenters. The van der Waals surface area contributed by atoms with E-state index in [1.165, 1.54) is 16.7 Å². The van der Waals surface area contributed by atoms with E-state index >= 15 is 0 Å². The van der Waals surface area contributed by atoms with Crippen LogP contribution in [0.3, 0.4) is 0 Å². The van der Waals surface area contributed by atoms with Crippen molar-refractivity contribution in [2.24, 2.45) is 0 Å². The van der Waals surface area contributed by atoms with Crippen molar-refractivity contribution in [2.45, 2.75) is 78.6 Å². The minimum absolute atomic E-state index is 0.00426. The Hall–Kier alpha value is -8.74. The molecule has 9 aromatic carbocycles. The Morgan fingerprint density at radius 1 is 0.329 bits per heavy atom. The fourth-order valence-electron chi connectivity index (χ4n) is 10.1. The van der Waals surface area contributed by atoms with Gasteiger partial charge in [-0.25, -0.2) is 0 Å². The molecule has 76 heavy (non-hydrogen) atoms. The van der Waals surface area contributed by atoms with Crippen molar-refractivity contribution in [3.05, 3.63) is 247 Å². The van der Waals surface area contributed by atoms with Gasteiger partial charge in [0.2, 0.25) is 11.6 Å². The van der Waals surface area contributed by atoms with Gasteiger partial charge in [-0.15, -0.1) is 0 Å². The first-order chi connectivity index (χ1) is 36.6. The highest BCUT2D eigenvalue weighted by Gasteiger charge is 2.30. The van der Waals surface area contributed by atoms with E-state index in [1.54, 1.807) is 0 Å². The summed E-state index contributed by atoms with van der Waals surface area (Å²) in [5.41, 5.74) is 14.9. The molecule has 0 aliphatic carbocycles. The molecule has 0 fully saturated rings. The van der Waals surface area contributed by atoms with Crippen LogP contribution in [0.1, 0.15) is 79.0 Å². The van der Waals surface area contributed by atoms with Crippen LogP contribution in [0, 0.1) is 0 Å². The molecule has 6 nitrogen and oxygen atoms in total. The van der Waals surface area contributed by atoms with Gasteiger partial charge >= 0.3 is 5.95 Å². The fourth-order valence-corrected chi connectivity index (χ4v) is 10.1. The first-order valence-corrected chi connectivity index (χ1v) is 26.4. The predicted molar refractivity (Wildman–Crippen MR) is 318 cm³/mol. The van der Waals surface area contributed by atoms with Crippen molar-refractivity contribution in [3.63, 3.8) is 0 Å². The third-order valence-corrected chi connectivity index (χ3v) is 14.4. The number of anilines is 6. The van der Waals surface area contributed by atoms with E-state index in [2.05, 4.69) is 295 Å². The second-order valence-corrected chi connectivity index (χ2v) is 22.9. The van der Waals surface area contributed by atoms with Gasteiger partial charge in [0.15, 0.2) is 0 Å². The highest BCUT2D eigenvalue weighted by atomic mass is 15.2. The van der Waals surface area contributed by atoms with Gasteiger partial charge in [0.1, 0.15) is 5.52 Å². The van der Waals surface area contributed by atoms with Gasteiger partial charge in [-0.05, 0) is 162 Å². The Morgan fingerprint density at radius 2 is 0.763 bits per heavy atom. The number of hydrogen-bond acceptors (Lipinski definition) is 5. The molecule has 0 saturated carbocycles. The second kappa shape index (κ2) is 19.8. The van der Waals surface area contributed by atoms with E-state index in [1.807, 2.05) is 12.3 Å². The Morgan fingerprint density at radius 3 is 1.32 bits per heavy atom. The summed E-state index contributed by atoms with van der Waals surface area (Å²) in [5, 5.41) is 3.38. The summed E-state index contributed by atoms with van der Waals surface area (Å²) in [6.07, 6.45) is 2.03. The Bertz CT molecular complexity index is 3840. The maximum absolute atomic E-state index is 5.26. The summed E-state index contributed by atoms with van der Waals surface area (Å²) in [7, 11) is 0. The molecule has 6 heteroatoms. The van der Waals surface area contributed by atoms with Crippen molar-refractivity contribution in [3.8, 4) is 39.9 Å². The SMILES string of the molecule is CC(C)(C)c1ccc(N(c2ccccc2)c2cc(C(C)(C)C)cc(N(c3ccc(-c4nc(-c5ccc6ccccc6c5)nc(-[n+]5cccc6ccccc65)n4)cc3)c3ccc(C(C)(C)C)cc3)c2-c2ccccc2)cc1. The van der Waals surface area contributed by atoms with E-state index in [4.69, 9.17) is 15.0 Å². The van der Waals surface area contributed by atoms with Gasteiger partial charge in [0.25, 0.3) is 0 Å². The van der Waals surface area contributed by atoms with Crippen LogP contribution >= 0.6 is 0 Å². The zero-order valence-electron chi connectivity index (χ0n) is 45.1. The van der Waals surface area contributed by atoms with Gasteiger partial charge in [-0.1, -0.05) is 184 Å². The third-order valence-electron chi connectivity index (χ3n) is 14.4. The Balaban J connectivity index is 1.14. The predicted octanol–water partition coefficient (Wildman–Crippen LogP) is 18.3. The molecule has 0 N–H and O–H groups in total. The molecule has 0 aliphatic rings. The fraction of sp³-hybridized carbons (Fsp3) is 0.171. The van der Waals surface area contributed by atoms with Gasteiger partial charge in [0, 0.05) is 44.8 Å². The lowest BCUT2D eigenvalue weighted by molar-refractivity contribution is -0.575. The quantitative estimate of drug-likeness (QED) is 0.128. The first kappa shape index (κ1) is 49.5. The molecule has 0 atom stereocenters. The molecule has 11 aromatic rings. The van der Waals surface area contributed by atoms with Crippen LogP contribution in [0.15, 0.2) is 231 Å². The molecule has 0 aliphatic heterocycles. The maximum atomic E-state index is 5.26. The highest BCUT2D eigenvalue weighted by molar-refractivity contribution is 5.99. The number of benzene rings is 9. The van der Waals surface area contributed by atoms with Gasteiger partial charge in [-0.2, -0.15) is 9.55 Å². The Labute approximate surface area is 448 Å². The highest BCUT2D eigenvalue weighted by Crippen LogP contribution is 2.51. The smallest absolute Gasteiger partial charge is 0.310 e. The summed E-state index contributed by atoms with van der Waals surface area (Å²) in [5.74, 6) is 1.73. The van der Waals surface area contributed by atoms with Crippen molar-refractivity contribution in [1.29, 1.82) is 0 Å². The molecule has 11 rings (SSSR count). The van der Waals surface area contributed by atoms with E-state index in [0.29, 0.717) is 17.6 Å². The summed E-state index contributed by atoms with van der Waals surface area (Å²) in [4.78, 5) is 20.6. The number of rotatable bonds is 10. The number of pyridine rings is 1. The van der Waals surface area contributed by atoms with Crippen LogP contribution in [-0.2, 0) is 16.2 Å². The standard InChI is InChI=1S/C70H65N6/c1-68(2,3)54-34-40-59(41-35-54)75(57-27-14-11-15-28-57)62-46-56(70(7,8)9)47-63(64(62)50-23-12-10-13-24-50)76(60-42-36-55(37-43-60)69(4,5)6)58-38-32-51(33-39-58)65-71-66(53-31-30-48-21-16-17-25-52(48)45-53)73-67(72-65)74-44-20-26-49-22-18-19-29-61(49)74/h10-47H,1-9H3/q+1. The van der Waals surface area contributed by atoms with Crippen LogP contribution in [0.4, 0.5) is 34.1 Å². The van der Waals surface area contributed by atoms with Crippen LogP contribution in [0.25, 0.3) is 61.5 Å². The number of aromatic nitrogens is 4. The van der Waals surface area contributed by atoms with E-state index in [-0.39, 0.29) is 16.2 Å². The molecule has 374 valence electrons. The largest absolute Gasteiger partial charge is 0.442 e. The molecule has 2 heterocycles. The Kier molecular flexibility index (Phi) is 12.9. The molecule has 0 saturated heterocycles. The topological polar surface area (TPSA) is 49.0 Å². The summed E-state index contributed by atoms with van der Waals surface area (Å²) >= 11 is 0. The first-order valence-electron chi connectivity index (χ1n) is 26.4. The van der Waals surface area contributed by atoms with Crippen molar-refractivity contribution in [2.75, 3.05) is 9.80 Å². The van der Waals surface area contributed by atoms with Gasteiger partial charge in [0.05, 0.1) is 17.6 Å². The van der Waals surface area contributed by atoms with Gasteiger partial charge < -0.3 is 9.80 Å². The normalized spacial score (nSPS) is 12.0. The maximum Gasteiger partial charge on any atom is 0.442 e. The summed E-state index contributed by atoms with van der Waals surface area (Å²) < 4.78 is 2.06. The van der Waals surface area contributed by atoms with Crippen molar-refractivity contribution >= 4 is 55.8 Å². The van der Waals surface area contributed by atoms with E-state index < -0.39 is 0 Å². The number of nitrogens with zero attached hydrogens (tertiary/aromatic N) is 6. The molecule has 2 aromatic heterocycles. The lowest BCUT2D eigenvalue weighted by atomic mass is 9.83. The molecule has 0 radical (unpaired) electrons. The van der Waals surface area contributed by atoms with E-state index in [0.717, 1.165) is 78.1 Å². The lowest BCUT2D eigenvalue weighted by Crippen LogP contribution is -2.34. The number of para-hydroxylation sites is 2. The monoisotopic (exact) mass is 990 g/mol. The summed E-state index contributed by atoms with van der Waals surface area (Å²) in [6, 6.07) is 80.9. The van der Waals surface area contributed by atoms with Crippen LogP contribution in [0.2, 0.25) is 0 Å². The molecular formula is C70H65N6+. The van der Waals surface area contributed by atoms with Gasteiger partial charge in [-0.3, -0.25) is 0 Å². The van der Waals surface area contributed by atoms with Crippen LogP contribution < -0.4 is 14.4 Å². The number of hydrogen-bond donors (Lipinski definition) is 0. The van der Waals surface area contributed by atoms with Crippen molar-refractivity contribution in [1.82, 2.24) is 15.0 Å². The van der Waals surface area contributed by atoms with Crippen molar-refractivity contribution < 1.29 is 4.57 Å². The average Bonchev–Trinajstić information content (AvgIpc) is 3.46. The minimum Gasteiger partial charge on any atom is -0.310 e. The van der Waals surface area contributed by atoms with E-state index in [9.17, 15) is 0 Å². The molecule has 0 spiro atoms. The average molecular weight is 990 g/mol. The molecule has 0 bridgehead atoms. The summed E-state index contributed by atoms with van der Waals surface area (Å²) in [6.45, 7) is 20.6. The van der Waals surface area contributed by atoms with Crippen LogP contribution in [0.5, 0.6) is 0 Å². The zero-order valence-corrected chi connectivity index (χ0v) is 45.1.